The largest absolute Gasteiger partial charge is 0.290 e. The maximum absolute atomic E-state index is 11.1. The molecule has 0 saturated carbocycles. The van der Waals surface area contributed by atoms with Gasteiger partial charge >= 0.3 is 0 Å². The van der Waals surface area contributed by atoms with Gasteiger partial charge in [0.05, 0.1) is 26.9 Å². The van der Waals surface area contributed by atoms with E-state index >= 15 is 0 Å². The summed E-state index contributed by atoms with van der Waals surface area (Å²) in [6.45, 7) is 0. The minimum Gasteiger partial charge on any atom is -0.258 e. The Morgan fingerprint density at radius 1 is 0.909 bits per heavy atom. The summed E-state index contributed by atoms with van der Waals surface area (Å²) < 4.78 is 0. The van der Waals surface area contributed by atoms with Crippen molar-refractivity contribution in [3.05, 3.63) is 70.4 Å². The fourth-order valence-corrected chi connectivity index (χ4v) is 2.36. The van der Waals surface area contributed by atoms with Gasteiger partial charge in [-0.3, -0.25) is 30.3 Å². The van der Waals surface area contributed by atoms with Crippen LogP contribution in [-0.4, -0.2) is 14.8 Å². The molecule has 0 aliphatic carbocycles. The van der Waals surface area contributed by atoms with Gasteiger partial charge in [0.2, 0.25) is 0 Å². The number of nitrogens with zero attached hydrogens (tertiary/aromatic N) is 3. The third-order valence-corrected chi connectivity index (χ3v) is 3.52. The smallest absolute Gasteiger partial charge is 0.258 e. The normalized spacial score (nSPS) is 10.7. The molecule has 0 unspecified atom stereocenters. The van der Waals surface area contributed by atoms with E-state index in [1.165, 1.54) is 23.5 Å². The molecule has 1 aromatic carbocycles. The highest BCUT2D eigenvalue weighted by molar-refractivity contribution is 7.10. The van der Waals surface area contributed by atoms with Crippen LogP contribution in [0.2, 0.25) is 0 Å². The fourth-order valence-electron chi connectivity index (χ4n) is 1.74. The lowest BCUT2D eigenvalue weighted by Crippen LogP contribution is -2.00. The Morgan fingerprint density at radius 3 is 1.91 bits per heavy atom. The third kappa shape index (κ3) is 3.12. The van der Waals surface area contributed by atoms with Crippen molar-refractivity contribution in [1.29, 1.82) is 0 Å². The van der Waals surface area contributed by atoms with Crippen LogP contribution in [0, 0.1) is 30.3 Å². The lowest BCUT2D eigenvalue weighted by Gasteiger charge is -2.00. The minimum absolute atomic E-state index is 0.283. The molecule has 0 saturated heterocycles. The zero-order valence-corrected chi connectivity index (χ0v) is 11.6. The number of hydrogen-bond donors (Lipinski definition) is 0. The van der Waals surface area contributed by atoms with Crippen molar-refractivity contribution in [2.24, 2.45) is 0 Å². The van der Waals surface area contributed by atoms with E-state index in [2.05, 4.69) is 0 Å². The first kappa shape index (κ1) is 15.3. The number of benzene rings is 1. The zero-order chi connectivity index (χ0) is 16.3. The van der Waals surface area contributed by atoms with E-state index in [0.29, 0.717) is 12.1 Å². The summed E-state index contributed by atoms with van der Waals surface area (Å²) in [5.41, 5.74) is -2.36. The van der Waals surface area contributed by atoms with E-state index in [1.54, 1.807) is 17.5 Å². The van der Waals surface area contributed by atoms with Gasteiger partial charge in [0, 0.05) is 4.88 Å². The topological polar surface area (TPSA) is 129 Å². The lowest BCUT2D eigenvalue weighted by molar-refractivity contribution is -0.403. The van der Waals surface area contributed by atoms with Crippen molar-refractivity contribution in [3.63, 3.8) is 0 Å². The molecule has 0 atom stereocenters. The van der Waals surface area contributed by atoms with Crippen LogP contribution < -0.4 is 0 Å². The molecular formula is C12H7N3O6S. The number of non-ortho nitro benzene ring substituents is 1. The first-order valence-corrected chi connectivity index (χ1v) is 6.61. The molecular weight excluding hydrogens is 314 g/mol. The van der Waals surface area contributed by atoms with Gasteiger partial charge in [0.1, 0.15) is 5.56 Å². The van der Waals surface area contributed by atoms with E-state index < -0.39 is 31.8 Å². The molecule has 0 fully saturated rings. The van der Waals surface area contributed by atoms with E-state index in [0.717, 1.165) is 4.88 Å². The van der Waals surface area contributed by atoms with Gasteiger partial charge in [-0.15, -0.1) is 11.3 Å². The van der Waals surface area contributed by atoms with Gasteiger partial charge in [-0.1, -0.05) is 6.07 Å². The summed E-state index contributed by atoms with van der Waals surface area (Å²) in [7, 11) is 0. The van der Waals surface area contributed by atoms with Crippen molar-refractivity contribution in [2.45, 2.75) is 0 Å². The molecule has 0 aliphatic heterocycles. The number of hydrogen-bond acceptors (Lipinski definition) is 7. The molecule has 0 radical (unpaired) electrons. The molecule has 0 bridgehead atoms. The minimum atomic E-state index is -0.910. The molecule has 1 aromatic heterocycles. The first-order chi connectivity index (χ1) is 10.4. The number of rotatable bonds is 5. The predicted octanol–water partition coefficient (Wildman–Crippen LogP) is 3.64. The Balaban J connectivity index is 2.65. The second-order valence-electron chi connectivity index (χ2n) is 4.02. The summed E-state index contributed by atoms with van der Waals surface area (Å²) in [6.07, 6.45) is 2.69. The van der Waals surface area contributed by atoms with E-state index in [1.807, 2.05) is 0 Å². The van der Waals surface area contributed by atoms with Crippen LogP contribution in [0.1, 0.15) is 10.4 Å². The quantitative estimate of drug-likeness (QED) is 0.610. The fraction of sp³-hybridized carbons (Fsp3) is 0. The Morgan fingerprint density at radius 2 is 1.50 bits per heavy atom. The van der Waals surface area contributed by atoms with Crippen LogP contribution in [0.3, 0.4) is 0 Å². The summed E-state index contributed by atoms with van der Waals surface area (Å²) in [5.74, 6) is 0. The first-order valence-electron chi connectivity index (χ1n) is 5.73. The van der Waals surface area contributed by atoms with Gasteiger partial charge in [-0.05, 0) is 23.6 Å². The van der Waals surface area contributed by atoms with Crippen molar-refractivity contribution < 1.29 is 14.8 Å². The van der Waals surface area contributed by atoms with Gasteiger partial charge in [0.25, 0.3) is 17.1 Å². The highest BCUT2D eigenvalue weighted by Gasteiger charge is 2.28. The van der Waals surface area contributed by atoms with Gasteiger partial charge in [0.15, 0.2) is 0 Å². The summed E-state index contributed by atoms with van der Waals surface area (Å²) >= 11 is 1.34. The van der Waals surface area contributed by atoms with E-state index in [4.69, 9.17) is 0 Å². The highest BCUT2D eigenvalue weighted by Crippen LogP contribution is 2.35. The van der Waals surface area contributed by atoms with Gasteiger partial charge < -0.3 is 0 Å². The monoisotopic (exact) mass is 321 g/mol. The molecule has 9 nitrogen and oxygen atoms in total. The Bertz CT molecular complexity index is 749. The molecule has 0 N–H and O–H groups in total. The highest BCUT2D eigenvalue weighted by atomic mass is 32.1. The molecule has 2 aromatic rings. The second kappa shape index (κ2) is 6.10. The number of nitro benzene ring substituents is 3. The molecule has 10 heteroatoms. The van der Waals surface area contributed by atoms with Crippen LogP contribution in [0.15, 0.2) is 29.6 Å². The Kier molecular flexibility index (Phi) is 4.23. The standard InChI is InChI=1S/C12H7N3O6S/c16-13(17)8-6-11(14(18)19)10(12(7-8)15(20)21)4-3-9-2-1-5-22-9/h1-7H/b4-3+. The molecule has 2 rings (SSSR count). The molecule has 0 amide bonds. The molecule has 1 heterocycles. The van der Waals surface area contributed by atoms with Crippen molar-refractivity contribution >= 4 is 40.6 Å². The zero-order valence-electron chi connectivity index (χ0n) is 10.7. The van der Waals surface area contributed by atoms with Crippen molar-refractivity contribution in [3.8, 4) is 0 Å². The van der Waals surface area contributed by atoms with Crippen LogP contribution in [0.5, 0.6) is 0 Å². The predicted molar refractivity (Wildman–Crippen MR) is 79.7 cm³/mol. The summed E-state index contributed by atoms with van der Waals surface area (Å²) in [5, 5.41) is 34.7. The second-order valence-corrected chi connectivity index (χ2v) is 5.00. The Labute approximate surface area is 126 Å². The van der Waals surface area contributed by atoms with Crippen LogP contribution in [0.25, 0.3) is 12.2 Å². The maximum Gasteiger partial charge on any atom is 0.290 e. The summed E-state index contributed by atoms with van der Waals surface area (Å²) in [6, 6.07) is 4.90. The van der Waals surface area contributed by atoms with E-state index in [-0.39, 0.29) is 5.56 Å². The van der Waals surface area contributed by atoms with E-state index in [9.17, 15) is 30.3 Å². The molecule has 0 aliphatic rings. The average molecular weight is 321 g/mol. The SMILES string of the molecule is O=[N+]([O-])c1cc([N+](=O)[O-])c(/C=C/c2cccs2)c([N+](=O)[O-])c1. The number of thiophene rings is 1. The van der Waals surface area contributed by atoms with Gasteiger partial charge in [-0.25, -0.2) is 0 Å². The number of nitro groups is 3. The summed E-state index contributed by atoms with van der Waals surface area (Å²) in [4.78, 5) is 30.9. The Hall–Kier alpha value is -3.14. The van der Waals surface area contributed by atoms with Gasteiger partial charge in [-0.2, -0.15) is 0 Å². The molecule has 0 spiro atoms. The molecule has 112 valence electrons. The van der Waals surface area contributed by atoms with Crippen LogP contribution in [-0.2, 0) is 0 Å². The maximum atomic E-state index is 11.1. The van der Waals surface area contributed by atoms with Crippen LogP contribution >= 0.6 is 11.3 Å². The van der Waals surface area contributed by atoms with Crippen LogP contribution in [0.4, 0.5) is 17.1 Å². The lowest BCUT2D eigenvalue weighted by atomic mass is 10.1. The molecule has 22 heavy (non-hydrogen) atoms. The third-order valence-electron chi connectivity index (χ3n) is 2.68. The van der Waals surface area contributed by atoms with Crippen molar-refractivity contribution in [2.75, 3.05) is 0 Å². The average Bonchev–Trinajstić information content (AvgIpc) is 2.96. The van der Waals surface area contributed by atoms with Crippen molar-refractivity contribution in [1.82, 2.24) is 0 Å².